The van der Waals surface area contributed by atoms with E-state index < -0.39 is 99.1 Å². The molecule has 0 rings (SSSR count). The average molecular weight is 695 g/mol. The van der Waals surface area contributed by atoms with Crippen LogP contribution in [0.4, 0.5) is 0 Å². The highest BCUT2D eigenvalue weighted by molar-refractivity contribution is 5.92. The Balaban J connectivity index is -0.000000169. The fraction of sp³-hybridized carbons (Fsp3) is 0.500. The van der Waals surface area contributed by atoms with E-state index in [2.05, 4.69) is 26.3 Å². The van der Waals surface area contributed by atoms with Crippen LogP contribution in [0.2, 0.25) is 0 Å². The minimum Gasteiger partial charge on any atom is -0.481 e. The molecule has 0 aliphatic heterocycles. The van der Waals surface area contributed by atoms with Crippen molar-refractivity contribution in [3.05, 3.63) is 48.6 Å². The first-order chi connectivity index (χ1) is 21.1. The summed E-state index contributed by atoms with van der Waals surface area (Å²) in [4.78, 5) is 61.3. The SMILES string of the molecule is C=C(C)C(=O)OCC(CO)(CO)CO.C=C(C)C(=O)OCC(CO)(CO)CO.C=C(CC(=O)O)C(=O)O.C=C(CC(=O)O)C(=O)O.[MgH2]. The minimum absolute atomic E-state index is 0. The lowest BCUT2D eigenvalue weighted by molar-refractivity contribution is -0.147. The molecule has 10 N–H and O–H groups in total. The first-order valence-electron chi connectivity index (χ1n) is 12.7. The fourth-order valence-corrected chi connectivity index (χ4v) is 1.77. The first kappa shape index (κ1) is 52.8. The molecular weight excluding hydrogens is 649 g/mol. The third-order valence-electron chi connectivity index (χ3n) is 5.06. The van der Waals surface area contributed by atoms with Gasteiger partial charge in [0, 0.05) is 22.3 Å². The van der Waals surface area contributed by atoms with E-state index in [1.807, 2.05) is 0 Å². The topological polar surface area (TPSA) is 323 Å². The van der Waals surface area contributed by atoms with Gasteiger partial charge in [-0.05, 0) is 13.8 Å². The molecule has 0 aromatic heterocycles. The van der Waals surface area contributed by atoms with Crippen LogP contribution in [0.15, 0.2) is 48.6 Å². The number of aliphatic hydroxyl groups excluding tert-OH is 6. The molecule has 0 aromatic carbocycles. The predicted octanol–water partition coefficient (Wildman–Crippen LogP) is -2.57. The second kappa shape index (κ2) is 28.5. The highest BCUT2D eigenvalue weighted by Gasteiger charge is 2.31. The lowest BCUT2D eigenvalue weighted by Gasteiger charge is -2.26. The van der Waals surface area contributed by atoms with Crippen molar-refractivity contribution in [2.24, 2.45) is 10.8 Å². The van der Waals surface area contributed by atoms with Crippen molar-refractivity contribution in [2.75, 3.05) is 52.9 Å². The maximum atomic E-state index is 11.0. The summed E-state index contributed by atoms with van der Waals surface area (Å²) in [6.07, 6.45) is -1.01. The third-order valence-corrected chi connectivity index (χ3v) is 5.06. The zero-order valence-electron chi connectivity index (χ0n) is 25.6. The summed E-state index contributed by atoms with van der Waals surface area (Å²) in [7, 11) is 0. The van der Waals surface area contributed by atoms with Crippen LogP contribution in [0.25, 0.3) is 0 Å². The first-order valence-corrected chi connectivity index (χ1v) is 12.7. The monoisotopic (exact) mass is 694 g/mol. The molecule has 0 aliphatic rings. The summed E-state index contributed by atoms with van der Waals surface area (Å²) in [5, 5.41) is 85.5. The molecule has 0 aromatic rings. The Bertz CT molecular complexity index is 973. The number of carbonyl (C=O) groups is 6. The van der Waals surface area contributed by atoms with E-state index in [9.17, 15) is 28.8 Å². The number of aliphatic carboxylic acids is 4. The van der Waals surface area contributed by atoms with Gasteiger partial charge in [0.2, 0.25) is 0 Å². The van der Waals surface area contributed by atoms with E-state index in [4.69, 9.17) is 60.5 Å². The third kappa shape index (κ3) is 27.2. The summed E-state index contributed by atoms with van der Waals surface area (Å²) < 4.78 is 9.45. The van der Waals surface area contributed by atoms with Crippen LogP contribution in [-0.2, 0) is 38.2 Å². The summed E-state index contributed by atoms with van der Waals surface area (Å²) in [5.41, 5.74) is -2.50. The van der Waals surface area contributed by atoms with Crippen molar-refractivity contribution in [3.63, 3.8) is 0 Å². The van der Waals surface area contributed by atoms with Gasteiger partial charge in [-0.15, -0.1) is 0 Å². The standard InChI is InChI=1S/2C9H16O5.2C5H6O4.Mg.2H/c2*1-7(2)8(13)14-6-9(3-10,4-11)5-12;2*1-3(5(8)9)2-4(6)7;;;/h2*10-12H,1,3-6H2,2H3;2*1-2H2,(H,6,7)(H,8,9);;;. The molecule has 47 heavy (non-hydrogen) atoms. The zero-order valence-corrected chi connectivity index (χ0v) is 25.6. The molecule has 0 amide bonds. The zero-order chi connectivity index (χ0) is 37.3. The van der Waals surface area contributed by atoms with E-state index in [0.717, 1.165) is 0 Å². The van der Waals surface area contributed by atoms with E-state index in [0.29, 0.717) is 0 Å². The lowest BCUT2D eigenvalue weighted by atomic mass is 9.92. The van der Waals surface area contributed by atoms with Gasteiger partial charge in [0.25, 0.3) is 0 Å². The number of rotatable bonds is 18. The number of carbonyl (C=O) groups excluding carboxylic acids is 2. The number of hydrogen-bond donors (Lipinski definition) is 10. The summed E-state index contributed by atoms with van der Waals surface area (Å²) >= 11 is 0. The molecule has 0 saturated heterocycles. The van der Waals surface area contributed by atoms with Crippen LogP contribution >= 0.6 is 0 Å². The molecule has 0 unspecified atom stereocenters. The normalized spacial score (nSPS) is 9.87. The Morgan fingerprint density at radius 2 is 0.723 bits per heavy atom. The van der Waals surface area contributed by atoms with Crippen LogP contribution in [0.5, 0.6) is 0 Å². The molecular formula is C28H46MgO18. The fourth-order valence-electron chi connectivity index (χ4n) is 1.77. The van der Waals surface area contributed by atoms with Crippen molar-refractivity contribution in [2.45, 2.75) is 26.7 Å². The van der Waals surface area contributed by atoms with Gasteiger partial charge in [-0.25, -0.2) is 19.2 Å². The van der Waals surface area contributed by atoms with Gasteiger partial charge < -0.3 is 60.5 Å². The highest BCUT2D eigenvalue weighted by atomic mass is 24.3. The Morgan fingerprint density at radius 1 is 0.511 bits per heavy atom. The number of esters is 2. The van der Waals surface area contributed by atoms with E-state index in [-0.39, 0.29) is 58.6 Å². The number of ether oxygens (including phenoxy) is 2. The van der Waals surface area contributed by atoms with E-state index in [1.165, 1.54) is 13.8 Å². The van der Waals surface area contributed by atoms with Crippen LogP contribution in [-0.4, -0.2) is 163 Å². The van der Waals surface area contributed by atoms with Crippen molar-refractivity contribution in [3.8, 4) is 0 Å². The van der Waals surface area contributed by atoms with E-state index >= 15 is 0 Å². The van der Waals surface area contributed by atoms with Crippen molar-refractivity contribution >= 4 is 58.9 Å². The molecule has 18 nitrogen and oxygen atoms in total. The largest absolute Gasteiger partial charge is 0.481 e. The maximum absolute atomic E-state index is 11.0. The van der Waals surface area contributed by atoms with Crippen LogP contribution in [0, 0.1) is 10.8 Å². The van der Waals surface area contributed by atoms with Gasteiger partial charge in [0.15, 0.2) is 0 Å². The molecule has 0 spiro atoms. The summed E-state index contributed by atoms with van der Waals surface area (Å²) in [5.74, 6) is -6.10. The van der Waals surface area contributed by atoms with Crippen LogP contribution < -0.4 is 0 Å². The summed E-state index contributed by atoms with van der Waals surface area (Å²) in [6.45, 7) is 12.5. The minimum atomic E-state index is -1.27. The van der Waals surface area contributed by atoms with Gasteiger partial charge in [0.05, 0.1) is 63.3 Å². The second-order valence-electron chi connectivity index (χ2n) is 9.62. The Hall–Kier alpha value is -3.69. The smallest absolute Gasteiger partial charge is 0.333 e. The van der Waals surface area contributed by atoms with Gasteiger partial charge in [-0.3, -0.25) is 9.59 Å². The van der Waals surface area contributed by atoms with Gasteiger partial charge in [-0.2, -0.15) is 0 Å². The molecule has 0 radical (unpaired) electrons. The number of hydrogen-bond acceptors (Lipinski definition) is 14. The van der Waals surface area contributed by atoms with Gasteiger partial charge >= 0.3 is 58.9 Å². The van der Waals surface area contributed by atoms with Gasteiger partial charge in [0.1, 0.15) is 13.2 Å². The predicted molar refractivity (Wildman–Crippen MR) is 166 cm³/mol. The number of carboxylic acids is 4. The Labute approximate surface area is 286 Å². The number of aliphatic hydroxyl groups is 6. The highest BCUT2D eigenvalue weighted by Crippen LogP contribution is 2.16. The van der Waals surface area contributed by atoms with E-state index in [1.54, 1.807) is 0 Å². The quantitative estimate of drug-likeness (QED) is 0.0400. The summed E-state index contributed by atoms with van der Waals surface area (Å²) in [6, 6.07) is 0. The number of carboxylic acid groups (broad SMARTS) is 4. The maximum Gasteiger partial charge on any atom is 0.333 e. The molecule has 0 saturated carbocycles. The molecule has 268 valence electrons. The molecule has 0 fully saturated rings. The molecule has 0 aliphatic carbocycles. The molecule has 0 bridgehead atoms. The van der Waals surface area contributed by atoms with Crippen molar-refractivity contribution < 1.29 is 89.3 Å². The second-order valence-corrected chi connectivity index (χ2v) is 9.62. The van der Waals surface area contributed by atoms with Crippen molar-refractivity contribution in [1.29, 1.82) is 0 Å². The van der Waals surface area contributed by atoms with Crippen LogP contribution in [0.1, 0.15) is 26.7 Å². The average Bonchev–Trinajstić information content (AvgIpc) is 2.99. The van der Waals surface area contributed by atoms with Crippen LogP contribution in [0.3, 0.4) is 0 Å². The molecule has 0 heterocycles. The molecule has 0 atom stereocenters. The lowest BCUT2D eigenvalue weighted by Crippen LogP contribution is -2.39. The Kier molecular flexibility index (Phi) is 32.1. The molecule has 19 heteroatoms. The van der Waals surface area contributed by atoms with Crippen molar-refractivity contribution in [1.82, 2.24) is 0 Å². The Morgan fingerprint density at radius 3 is 0.830 bits per heavy atom. The van der Waals surface area contributed by atoms with Gasteiger partial charge in [-0.1, -0.05) is 26.3 Å².